The molecule has 0 aromatic carbocycles. The van der Waals surface area contributed by atoms with Crippen molar-refractivity contribution in [3.05, 3.63) is 11.9 Å². The lowest BCUT2D eigenvalue weighted by molar-refractivity contribution is -0.147. The number of anilines is 1. The average Bonchev–Trinajstić information content (AvgIpc) is 2.90. The van der Waals surface area contributed by atoms with E-state index >= 15 is 0 Å². The third-order valence-corrected chi connectivity index (χ3v) is 4.00. The molecule has 0 aliphatic heterocycles. The third kappa shape index (κ3) is 3.26. The van der Waals surface area contributed by atoms with Crippen molar-refractivity contribution in [3.63, 3.8) is 0 Å². The lowest BCUT2D eigenvalue weighted by Gasteiger charge is -2.27. The quantitative estimate of drug-likeness (QED) is 0.742. The zero-order valence-corrected chi connectivity index (χ0v) is 12.4. The van der Waals surface area contributed by atoms with Crippen LogP contribution >= 0.6 is 0 Å². The van der Waals surface area contributed by atoms with E-state index < -0.39 is 29.6 Å². The average molecular weight is 308 g/mol. The first kappa shape index (κ1) is 16.0. The monoisotopic (exact) mass is 308 g/mol. The Morgan fingerprint density at radius 1 is 1.36 bits per heavy atom. The van der Waals surface area contributed by atoms with Crippen molar-refractivity contribution in [2.75, 3.05) is 5.32 Å². The van der Waals surface area contributed by atoms with Crippen LogP contribution in [0.4, 0.5) is 5.69 Å². The number of hydrogen-bond acceptors (Lipinski definition) is 4. The second-order valence-corrected chi connectivity index (χ2v) is 5.44. The van der Waals surface area contributed by atoms with Crippen LogP contribution in [-0.2, 0) is 16.1 Å². The molecule has 1 saturated carbocycles. The Morgan fingerprint density at radius 2 is 2.00 bits per heavy atom. The van der Waals surface area contributed by atoms with Crippen LogP contribution in [0, 0.1) is 11.8 Å². The number of hydrogen-bond donors (Lipinski definition) is 3. The highest BCUT2D eigenvalue weighted by molar-refractivity contribution is 6.02. The maximum Gasteiger partial charge on any atom is 0.307 e. The van der Waals surface area contributed by atoms with Crippen LogP contribution in [-0.4, -0.2) is 32.7 Å². The molecule has 0 spiro atoms. The molecule has 0 unspecified atom stereocenters. The summed E-state index contributed by atoms with van der Waals surface area (Å²) in [7, 11) is 0. The molecule has 0 radical (unpaired) electrons. The molecule has 1 fully saturated rings. The van der Waals surface area contributed by atoms with Gasteiger partial charge in [-0.25, -0.2) is 0 Å². The smallest absolute Gasteiger partial charge is 0.307 e. The normalized spacial score (nSPS) is 21.3. The lowest BCUT2D eigenvalue weighted by atomic mass is 9.78. The maximum atomic E-state index is 12.4. The second-order valence-electron chi connectivity index (χ2n) is 5.44. The molecule has 0 bridgehead atoms. The number of carboxylic acid groups (broad SMARTS) is 1. The van der Waals surface area contributed by atoms with Gasteiger partial charge in [-0.3, -0.25) is 19.1 Å². The number of aromatic nitrogens is 2. The SMILES string of the molecule is CCn1cc(NC(=O)[C@H]2CCCC[C@H]2C(=O)O)c(C(N)=O)n1. The first-order valence-corrected chi connectivity index (χ1v) is 7.35. The molecule has 8 heteroatoms. The van der Waals surface area contributed by atoms with Crippen LogP contribution < -0.4 is 11.1 Å². The summed E-state index contributed by atoms with van der Waals surface area (Å²) in [5.41, 5.74) is 5.47. The van der Waals surface area contributed by atoms with Gasteiger partial charge in [-0.15, -0.1) is 0 Å². The minimum atomic E-state index is -0.959. The van der Waals surface area contributed by atoms with Gasteiger partial charge in [0, 0.05) is 12.7 Å². The number of nitrogens with two attached hydrogens (primary N) is 1. The van der Waals surface area contributed by atoms with Gasteiger partial charge < -0.3 is 16.2 Å². The van der Waals surface area contributed by atoms with E-state index in [1.54, 1.807) is 0 Å². The molecule has 2 rings (SSSR count). The van der Waals surface area contributed by atoms with E-state index in [2.05, 4.69) is 10.4 Å². The number of carboxylic acids is 1. The molecule has 22 heavy (non-hydrogen) atoms. The molecule has 1 aliphatic rings. The molecular weight excluding hydrogens is 288 g/mol. The molecule has 1 aromatic heterocycles. The summed E-state index contributed by atoms with van der Waals surface area (Å²) in [6.07, 6.45) is 4.16. The fraction of sp³-hybridized carbons (Fsp3) is 0.571. The summed E-state index contributed by atoms with van der Waals surface area (Å²) in [4.78, 5) is 35.1. The van der Waals surface area contributed by atoms with E-state index in [4.69, 9.17) is 5.73 Å². The molecular formula is C14H20N4O4. The molecule has 120 valence electrons. The molecule has 1 heterocycles. The van der Waals surface area contributed by atoms with Gasteiger partial charge in [0.25, 0.3) is 5.91 Å². The fourth-order valence-electron chi connectivity index (χ4n) is 2.82. The van der Waals surface area contributed by atoms with E-state index in [1.165, 1.54) is 10.9 Å². The number of nitrogens with zero attached hydrogens (tertiary/aromatic N) is 2. The number of rotatable bonds is 5. The van der Waals surface area contributed by atoms with Crippen molar-refractivity contribution >= 4 is 23.5 Å². The van der Waals surface area contributed by atoms with Crippen molar-refractivity contribution in [2.24, 2.45) is 17.6 Å². The Morgan fingerprint density at radius 3 is 2.55 bits per heavy atom. The predicted molar refractivity (Wildman–Crippen MR) is 78.1 cm³/mol. The maximum absolute atomic E-state index is 12.4. The van der Waals surface area contributed by atoms with Crippen molar-refractivity contribution in [1.29, 1.82) is 0 Å². The lowest BCUT2D eigenvalue weighted by Crippen LogP contribution is -2.36. The Hall–Kier alpha value is -2.38. The van der Waals surface area contributed by atoms with Crippen LogP contribution in [0.3, 0.4) is 0 Å². The summed E-state index contributed by atoms with van der Waals surface area (Å²) in [6, 6.07) is 0. The van der Waals surface area contributed by atoms with Gasteiger partial charge in [0.15, 0.2) is 5.69 Å². The van der Waals surface area contributed by atoms with Crippen LogP contribution in [0.2, 0.25) is 0 Å². The summed E-state index contributed by atoms with van der Waals surface area (Å²) in [5, 5.41) is 15.8. The number of aliphatic carboxylic acids is 1. The number of aryl methyl sites for hydroxylation is 1. The Labute approximate surface area is 127 Å². The summed E-state index contributed by atoms with van der Waals surface area (Å²) < 4.78 is 1.49. The van der Waals surface area contributed by atoms with Crippen LogP contribution in [0.15, 0.2) is 6.20 Å². The van der Waals surface area contributed by atoms with Crippen LogP contribution in [0.5, 0.6) is 0 Å². The minimum Gasteiger partial charge on any atom is -0.481 e. The molecule has 1 aromatic rings. The van der Waals surface area contributed by atoms with Crippen molar-refractivity contribution in [3.8, 4) is 0 Å². The van der Waals surface area contributed by atoms with Gasteiger partial charge in [0.1, 0.15) is 0 Å². The standard InChI is InChI=1S/C14H20N4O4/c1-2-18-7-10(11(17-18)12(15)19)16-13(20)8-5-3-4-6-9(8)14(21)22/h7-9H,2-6H2,1H3,(H2,15,19)(H,16,20)(H,21,22)/t8-,9+/m0/s1. The Bertz CT molecular complexity index is 596. The highest BCUT2D eigenvalue weighted by Crippen LogP contribution is 2.31. The summed E-state index contributed by atoms with van der Waals surface area (Å²) in [6.45, 7) is 2.36. The van der Waals surface area contributed by atoms with E-state index in [0.717, 1.165) is 12.8 Å². The highest BCUT2D eigenvalue weighted by Gasteiger charge is 2.36. The van der Waals surface area contributed by atoms with Gasteiger partial charge in [-0.2, -0.15) is 5.10 Å². The number of primary amides is 1. The molecule has 2 amide bonds. The van der Waals surface area contributed by atoms with E-state index in [1.807, 2.05) is 6.92 Å². The number of nitrogens with one attached hydrogen (secondary N) is 1. The number of carbonyl (C=O) groups excluding carboxylic acids is 2. The van der Waals surface area contributed by atoms with Gasteiger partial charge in [0.2, 0.25) is 5.91 Å². The van der Waals surface area contributed by atoms with Crippen LogP contribution in [0.25, 0.3) is 0 Å². The minimum absolute atomic E-state index is 0.0158. The predicted octanol–water partition coefficient (Wildman–Crippen LogP) is 0.831. The first-order valence-electron chi connectivity index (χ1n) is 7.35. The van der Waals surface area contributed by atoms with Crippen molar-refractivity contribution in [1.82, 2.24) is 9.78 Å². The number of amides is 2. The Balaban J connectivity index is 2.19. The van der Waals surface area contributed by atoms with Crippen molar-refractivity contribution < 1.29 is 19.5 Å². The van der Waals surface area contributed by atoms with Gasteiger partial charge in [-0.05, 0) is 19.8 Å². The van der Waals surface area contributed by atoms with Gasteiger partial charge in [-0.1, -0.05) is 12.8 Å². The zero-order chi connectivity index (χ0) is 16.3. The van der Waals surface area contributed by atoms with E-state index in [9.17, 15) is 19.5 Å². The molecule has 4 N–H and O–H groups in total. The number of carbonyl (C=O) groups is 3. The fourth-order valence-corrected chi connectivity index (χ4v) is 2.82. The topological polar surface area (TPSA) is 127 Å². The summed E-state index contributed by atoms with van der Waals surface area (Å²) >= 11 is 0. The second kappa shape index (κ2) is 6.59. The van der Waals surface area contributed by atoms with Crippen LogP contribution in [0.1, 0.15) is 43.1 Å². The molecule has 1 aliphatic carbocycles. The van der Waals surface area contributed by atoms with Crippen molar-refractivity contribution in [2.45, 2.75) is 39.2 Å². The van der Waals surface area contributed by atoms with Gasteiger partial charge in [0.05, 0.1) is 17.5 Å². The molecule has 0 saturated heterocycles. The Kier molecular flexibility index (Phi) is 4.79. The van der Waals surface area contributed by atoms with E-state index in [0.29, 0.717) is 19.4 Å². The third-order valence-electron chi connectivity index (χ3n) is 4.00. The first-order chi connectivity index (χ1) is 10.4. The zero-order valence-electron chi connectivity index (χ0n) is 12.4. The largest absolute Gasteiger partial charge is 0.481 e. The molecule has 8 nitrogen and oxygen atoms in total. The molecule has 2 atom stereocenters. The van der Waals surface area contributed by atoms with Gasteiger partial charge >= 0.3 is 5.97 Å². The summed E-state index contributed by atoms with van der Waals surface area (Å²) in [5.74, 6) is -3.38. The highest BCUT2D eigenvalue weighted by atomic mass is 16.4. The van der Waals surface area contributed by atoms with E-state index in [-0.39, 0.29) is 11.4 Å².